The minimum atomic E-state index is -3.48. The zero-order valence-corrected chi connectivity index (χ0v) is 14.6. The van der Waals surface area contributed by atoms with E-state index in [9.17, 15) is 13.2 Å². The lowest BCUT2D eigenvalue weighted by Gasteiger charge is -2.22. The maximum atomic E-state index is 12.0. The van der Waals surface area contributed by atoms with E-state index in [1.165, 1.54) is 4.31 Å². The Hall–Kier alpha value is -1.80. The van der Waals surface area contributed by atoms with E-state index in [2.05, 4.69) is 5.32 Å². The topological polar surface area (TPSA) is 84.9 Å². The third kappa shape index (κ3) is 6.87. The first-order valence-corrected chi connectivity index (χ1v) is 9.19. The number of carbonyl (C=O) groups is 1. The van der Waals surface area contributed by atoms with Gasteiger partial charge in [0.05, 0.1) is 25.2 Å². The number of nitrogens with one attached hydrogen (secondary N) is 1. The number of hydrogen-bond donors (Lipinski definition) is 1. The fraction of sp³-hybridized carbons (Fsp3) is 0.533. The molecule has 0 unspecified atom stereocenters. The van der Waals surface area contributed by atoms with Crippen molar-refractivity contribution >= 4 is 21.6 Å². The molecule has 0 heterocycles. The van der Waals surface area contributed by atoms with Gasteiger partial charge in [-0.3, -0.25) is 9.10 Å². The molecule has 8 heteroatoms. The summed E-state index contributed by atoms with van der Waals surface area (Å²) in [4.78, 5) is 11.7. The predicted molar refractivity (Wildman–Crippen MR) is 89.3 cm³/mol. The third-order valence-corrected chi connectivity index (χ3v) is 4.20. The molecule has 0 radical (unpaired) electrons. The van der Waals surface area contributed by atoms with Crippen LogP contribution in [0, 0.1) is 0 Å². The van der Waals surface area contributed by atoms with Gasteiger partial charge < -0.3 is 14.8 Å². The summed E-state index contributed by atoms with van der Waals surface area (Å²) in [6.45, 7) is 3.30. The van der Waals surface area contributed by atoms with Gasteiger partial charge in [0, 0.05) is 26.6 Å². The number of ether oxygens (including phenoxy) is 2. The van der Waals surface area contributed by atoms with E-state index < -0.39 is 10.0 Å². The molecule has 1 N–H and O–H groups in total. The summed E-state index contributed by atoms with van der Waals surface area (Å²) in [7, 11) is -1.93. The second-order valence-electron chi connectivity index (χ2n) is 4.85. The second kappa shape index (κ2) is 9.36. The van der Waals surface area contributed by atoms with E-state index in [0.717, 1.165) is 6.26 Å². The Morgan fingerprint density at radius 2 is 1.91 bits per heavy atom. The quantitative estimate of drug-likeness (QED) is 0.640. The van der Waals surface area contributed by atoms with Crippen LogP contribution >= 0.6 is 0 Å². The summed E-state index contributed by atoms with van der Waals surface area (Å²) < 4.78 is 35.3. The van der Waals surface area contributed by atoms with Crippen LogP contribution in [-0.2, 0) is 19.6 Å². The lowest BCUT2D eigenvalue weighted by atomic mass is 10.3. The van der Waals surface area contributed by atoms with E-state index in [-0.39, 0.29) is 18.9 Å². The number of benzene rings is 1. The normalized spacial score (nSPS) is 11.1. The predicted octanol–water partition coefficient (Wildman–Crippen LogP) is 1.00. The van der Waals surface area contributed by atoms with E-state index in [0.29, 0.717) is 31.2 Å². The molecule has 0 saturated heterocycles. The molecule has 0 aliphatic heterocycles. The van der Waals surface area contributed by atoms with E-state index in [1.54, 1.807) is 31.4 Å². The first kappa shape index (κ1) is 19.2. The molecule has 0 aliphatic rings. The highest BCUT2D eigenvalue weighted by Crippen LogP contribution is 2.21. The van der Waals surface area contributed by atoms with E-state index in [1.807, 2.05) is 6.92 Å². The lowest BCUT2D eigenvalue weighted by molar-refractivity contribution is -0.121. The van der Waals surface area contributed by atoms with Crippen molar-refractivity contribution in [2.45, 2.75) is 13.3 Å². The van der Waals surface area contributed by atoms with E-state index in [4.69, 9.17) is 9.47 Å². The van der Waals surface area contributed by atoms with Crippen LogP contribution in [0.25, 0.3) is 0 Å². The standard InChI is InChI=1S/C15H24N2O5S/c1-4-22-14-7-5-13(6-8-14)17(23(3,19)20)11-9-15(18)16-10-12-21-2/h5-8H,4,9-12H2,1-3H3,(H,16,18). The molecule has 0 aliphatic carbocycles. The number of methoxy groups -OCH3 is 1. The summed E-state index contributed by atoms with van der Waals surface area (Å²) in [6.07, 6.45) is 1.19. The van der Waals surface area contributed by atoms with Gasteiger partial charge in [-0.05, 0) is 31.2 Å². The van der Waals surface area contributed by atoms with Crippen molar-refractivity contribution in [1.82, 2.24) is 5.32 Å². The summed E-state index contributed by atoms with van der Waals surface area (Å²) >= 11 is 0. The number of carbonyl (C=O) groups excluding carboxylic acids is 1. The largest absolute Gasteiger partial charge is 0.494 e. The minimum Gasteiger partial charge on any atom is -0.494 e. The first-order chi connectivity index (χ1) is 10.9. The molecule has 1 rings (SSSR count). The molecule has 1 aromatic rings. The molecule has 0 fully saturated rings. The van der Waals surface area contributed by atoms with Gasteiger partial charge in [-0.1, -0.05) is 0 Å². The van der Waals surface area contributed by atoms with Crippen molar-refractivity contribution in [3.8, 4) is 5.75 Å². The summed E-state index contributed by atoms with van der Waals surface area (Å²) in [5.74, 6) is 0.448. The van der Waals surface area contributed by atoms with Gasteiger partial charge in [0.15, 0.2) is 0 Å². The number of nitrogens with zero attached hydrogens (tertiary/aromatic N) is 1. The van der Waals surface area contributed by atoms with Crippen LogP contribution in [0.5, 0.6) is 5.75 Å². The number of rotatable bonds is 10. The van der Waals surface area contributed by atoms with Crippen LogP contribution < -0.4 is 14.4 Å². The molecule has 23 heavy (non-hydrogen) atoms. The van der Waals surface area contributed by atoms with Gasteiger partial charge in [0.1, 0.15) is 5.75 Å². The maximum absolute atomic E-state index is 12.0. The van der Waals surface area contributed by atoms with Crippen molar-refractivity contribution in [3.63, 3.8) is 0 Å². The van der Waals surface area contributed by atoms with Gasteiger partial charge in [-0.2, -0.15) is 0 Å². The van der Waals surface area contributed by atoms with Gasteiger partial charge >= 0.3 is 0 Å². The molecule has 1 aromatic carbocycles. The van der Waals surface area contributed by atoms with Crippen molar-refractivity contribution in [2.24, 2.45) is 0 Å². The van der Waals surface area contributed by atoms with Crippen LogP contribution in [-0.4, -0.2) is 54.0 Å². The average Bonchev–Trinajstić information content (AvgIpc) is 2.48. The van der Waals surface area contributed by atoms with Crippen LogP contribution in [0.1, 0.15) is 13.3 Å². The first-order valence-electron chi connectivity index (χ1n) is 7.34. The summed E-state index contributed by atoms with van der Waals surface area (Å²) in [6, 6.07) is 6.73. The molecule has 0 saturated carbocycles. The molecule has 7 nitrogen and oxygen atoms in total. The van der Waals surface area contributed by atoms with Crippen LogP contribution in [0.2, 0.25) is 0 Å². The zero-order chi connectivity index (χ0) is 17.3. The molecule has 0 atom stereocenters. The van der Waals surface area contributed by atoms with Crippen LogP contribution in [0.15, 0.2) is 24.3 Å². The Balaban J connectivity index is 2.72. The Kier molecular flexibility index (Phi) is 7.84. The number of sulfonamides is 1. The summed E-state index contributed by atoms with van der Waals surface area (Å²) in [5.41, 5.74) is 0.501. The minimum absolute atomic E-state index is 0.0734. The zero-order valence-electron chi connectivity index (χ0n) is 13.7. The highest BCUT2D eigenvalue weighted by molar-refractivity contribution is 7.92. The molecular weight excluding hydrogens is 320 g/mol. The smallest absolute Gasteiger partial charge is 0.232 e. The SMILES string of the molecule is CCOc1ccc(N(CCC(=O)NCCOC)S(C)(=O)=O)cc1. The van der Waals surface area contributed by atoms with Crippen LogP contribution in [0.4, 0.5) is 5.69 Å². The fourth-order valence-corrected chi connectivity index (χ4v) is 2.87. The molecule has 0 aromatic heterocycles. The monoisotopic (exact) mass is 344 g/mol. The molecule has 0 bridgehead atoms. The highest BCUT2D eigenvalue weighted by Gasteiger charge is 2.18. The van der Waals surface area contributed by atoms with Crippen LogP contribution in [0.3, 0.4) is 0 Å². The van der Waals surface area contributed by atoms with Gasteiger partial charge in [0.25, 0.3) is 0 Å². The Bertz CT molecular complexity index is 586. The highest BCUT2D eigenvalue weighted by atomic mass is 32.2. The lowest BCUT2D eigenvalue weighted by Crippen LogP contribution is -2.35. The fourth-order valence-electron chi connectivity index (χ4n) is 1.95. The molecule has 130 valence electrons. The number of hydrogen-bond acceptors (Lipinski definition) is 5. The van der Waals surface area contributed by atoms with Crippen molar-refractivity contribution in [1.29, 1.82) is 0 Å². The average molecular weight is 344 g/mol. The summed E-state index contributed by atoms with van der Waals surface area (Å²) in [5, 5.41) is 2.66. The van der Waals surface area contributed by atoms with Gasteiger partial charge in [-0.25, -0.2) is 8.42 Å². The molecule has 1 amide bonds. The third-order valence-electron chi connectivity index (χ3n) is 3.01. The van der Waals surface area contributed by atoms with Crippen molar-refractivity contribution < 1.29 is 22.7 Å². The second-order valence-corrected chi connectivity index (χ2v) is 6.76. The van der Waals surface area contributed by atoms with E-state index >= 15 is 0 Å². The van der Waals surface area contributed by atoms with Gasteiger partial charge in [-0.15, -0.1) is 0 Å². The maximum Gasteiger partial charge on any atom is 0.232 e. The van der Waals surface area contributed by atoms with Crippen molar-refractivity contribution in [2.75, 3.05) is 44.0 Å². The van der Waals surface area contributed by atoms with Crippen molar-refractivity contribution in [3.05, 3.63) is 24.3 Å². The number of anilines is 1. The van der Waals surface area contributed by atoms with Gasteiger partial charge in [0.2, 0.25) is 15.9 Å². The molecule has 0 spiro atoms. The Morgan fingerprint density at radius 1 is 1.26 bits per heavy atom. The number of amides is 1. The molecular formula is C15H24N2O5S. The Morgan fingerprint density at radius 3 is 2.43 bits per heavy atom. The Labute approximate surface area is 137 Å².